The lowest BCUT2D eigenvalue weighted by atomic mass is 10.1. The van der Waals surface area contributed by atoms with Crippen molar-refractivity contribution in [3.05, 3.63) is 30.1 Å². The summed E-state index contributed by atoms with van der Waals surface area (Å²) in [7, 11) is -3.20. The van der Waals surface area contributed by atoms with Crippen LogP contribution in [0.1, 0.15) is 19.3 Å². The van der Waals surface area contributed by atoms with Gasteiger partial charge in [0.05, 0.1) is 6.26 Å². The number of hydrogen-bond acceptors (Lipinski definition) is 4. The highest BCUT2D eigenvalue weighted by Crippen LogP contribution is 2.26. The Kier molecular flexibility index (Phi) is 6.21. The first-order chi connectivity index (χ1) is 12.8. The molecule has 2 fully saturated rings. The summed E-state index contributed by atoms with van der Waals surface area (Å²) in [5.41, 5.74) is 7.18. The summed E-state index contributed by atoms with van der Waals surface area (Å²) in [5.74, 6) is 0.474. The van der Waals surface area contributed by atoms with Crippen LogP contribution >= 0.6 is 0 Å². The van der Waals surface area contributed by atoms with Crippen LogP contribution in [-0.2, 0) is 10.0 Å². The molecule has 9 heteroatoms. The highest BCUT2D eigenvalue weighted by atomic mass is 32.2. The fraction of sp³-hybridized carbons (Fsp3) is 0.611. The molecular formula is C18H28FN5O2S. The van der Waals surface area contributed by atoms with Gasteiger partial charge in [-0.15, -0.1) is 0 Å². The summed E-state index contributed by atoms with van der Waals surface area (Å²) in [6.07, 6.45) is 4.01. The summed E-state index contributed by atoms with van der Waals surface area (Å²) in [5, 5.41) is 0. The van der Waals surface area contributed by atoms with Crippen molar-refractivity contribution in [1.29, 1.82) is 0 Å². The molecule has 1 saturated heterocycles. The fourth-order valence-electron chi connectivity index (χ4n) is 3.84. The molecule has 1 saturated carbocycles. The van der Waals surface area contributed by atoms with E-state index in [0.717, 1.165) is 51.1 Å². The van der Waals surface area contributed by atoms with E-state index in [-0.39, 0.29) is 17.8 Å². The van der Waals surface area contributed by atoms with Gasteiger partial charge in [-0.2, -0.15) is 0 Å². The number of sulfonamides is 1. The lowest BCUT2D eigenvalue weighted by molar-refractivity contribution is 0.377. The molecule has 2 aliphatic rings. The van der Waals surface area contributed by atoms with Gasteiger partial charge in [-0.05, 0) is 43.0 Å². The van der Waals surface area contributed by atoms with Crippen LogP contribution in [0.5, 0.6) is 0 Å². The molecule has 1 aromatic carbocycles. The molecule has 2 atom stereocenters. The highest BCUT2D eigenvalue weighted by Gasteiger charge is 2.29. The molecule has 0 bridgehead atoms. The average molecular weight is 398 g/mol. The molecule has 7 nitrogen and oxygen atoms in total. The molecule has 0 spiro atoms. The van der Waals surface area contributed by atoms with Crippen LogP contribution in [0.4, 0.5) is 10.1 Å². The number of guanidine groups is 1. The van der Waals surface area contributed by atoms with Crippen molar-refractivity contribution < 1.29 is 12.8 Å². The zero-order valence-electron chi connectivity index (χ0n) is 15.6. The first-order valence-corrected chi connectivity index (χ1v) is 11.2. The molecule has 0 radical (unpaired) electrons. The minimum Gasteiger partial charge on any atom is -0.370 e. The number of benzene rings is 1. The van der Waals surface area contributed by atoms with E-state index in [0.29, 0.717) is 12.5 Å². The molecule has 1 aliphatic heterocycles. The van der Waals surface area contributed by atoms with Gasteiger partial charge < -0.3 is 15.5 Å². The Bertz CT molecular complexity index is 760. The maximum Gasteiger partial charge on any atom is 0.208 e. The van der Waals surface area contributed by atoms with Gasteiger partial charge >= 0.3 is 0 Å². The van der Waals surface area contributed by atoms with E-state index in [9.17, 15) is 12.8 Å². The number of nitrogens with one attached hydrogen (secondary N) is 1. The van der Waals surface area contributed by atoms with E-state index < -0.39 is 10.0 Å². The van der Waals surface area contributed by atoms with Gasteiger partial charge in [-0.1, -0.05) is 6.42 Å². The van der Waals surface area contributed by atoms with Gasteiger partial charge in [-0.3, -0.25) is 4.99 Å². The Morgan fingerprint density at radius 3 is 2.52 bits per heavy atom. The van der Waals surface area contributed by atoms with Crippen LogP contribution in [-0.4, -0.2) is 64.3 Å². The van der Waals surface area contributed by atoms with Crippen molar-refractivity contribution in [1.82, 2.24) is 9.62 Å². The van der Waals surface area contributed by atoms with Crippen molar-refractivity contribution in [2.45, 2.75) is 25.3 Å². The molecule has 2 unspecified atom stereocenters. The third-order valence-electron chi connectivity index (χ3n) is 5.31. The molecular weight excluding hydrogens is 369 g/mol. The van der Waals surface area contributed by atoms with Crippen molar-refractivity contribution in [3.63, 3.8) is 0 Å². The van der Waals surface area contributed by atoms with Crippen LogP contribution in [0.25, 0.3) is 0 Å². The smallest absolute Gasteiger partial charge is 0.208 e. The third kappa shape index (κ3) is 5.55. The summed E-state index contributed by atoms with van der Waals surface area (Å²) >= 11 is 0. The van der Waals surface area contributed by atoms with Crippen LogP contribution < -0.4 is 15.4 Å². The number of nitrogens with two attached hydrogens (primary N) is 1. The standard InChI is InChI=1S/C18H28FN5O2S/c1-27(25,26)22-17-4-2-3-14(17)13-21-18(20)24-11-9-23(10-12-24)16-7-5-15(19)6-8-16/h5-8,14,17,22H,2-4,9-13H2,1H3,(H2,20,21). The van der Waals surface area contributed by atoms with E-state index in [1.165, 1.54) is 18.4 Å². The summed E-state index contributed by atoms with van der Waals surface area (Å²) in [6.45, 7) is 3.63. The minimum absolute atomic E-state index is 0.0492. The van der Waals surface area contributed by atoms with Crippen LogP contribution in [0.3, 0.4) is 0 Å². The van der Waals surface area contributed by atoms with Gasteiger partial charge in [-0.25, -0.2) is 17.5 Å². The van der Waals surface area contributed by atoms with E-state index in [1.807, 2.05) is 4.90 Å². The third-order valence-corrected chi connectivity index (χ3v) is 6.04. The Morgan fingerprint density at radius 1 is 1.22 bits per heavy atom. The number of anilines is 1. The number of piperazine rings is 1. The van der Waals surface area contributed by atoms with E-state index in [4.69, 9.17) is 5.73 Å². The van der Waals surface area contributed by atoms with Crippen molar-refractivity contribution >= 4 is 21.7 Å². The second-order valence-electron chi connectivity index (χ2n) is 7.34. The molecule has 1 aromatic rings. The molecule has 1 heterocycles. The fourth-order valence-corrected chi connectivity index (χ4v) is 4.70. The Morgan fingerprint density at radius 2 is 1.89 bits per heavy atom. The molecule has 0 aromatic heterocycles. The first kappa shape index (κ1) is 19.9. The molecule has 0 amide bonds. The molecule has 3 N–H and O–H groups in total. The Labute approximate surface area is 160 Å². The number of rotatable bonds is 5. The summed E-state index contributed by atoms with van der Waals surface area (Å²) in [6, 6.07) is 6.47. The molecule has 150 valence electrons. The lowest BCUT2D eigenvalue weighted by Crippen LogP contribution is -2.51. The summed E-state index contributed by atoms with van der Waals surface area (Å²) < 4.78 is 38.7. The minimum atomic E-state index is -3.20. The predicted octanol–water partition coefficient (Wildman–Crippen LogP) is 0.980. The Balaban J connectivity index is 1.51. The largest absolute Gasteiger partial charge is 0.370 e. The number of aliphatic imine (C=N–C) groups is 1. The number of halogens is 1. The van der Waals surface area contributed by atoms with Crippen molar-refractivity contribution in [2.24, 2.45) is 16.6 Å². The average Bonchev–Trinajstić information content (AvgIpc) is 3.05. The number of nitrogens with zero attached hydrogens (tertiary/aromatic N) is 3. The highest BCUT2D eigenvalue weighted by molar-refractivity contribution is 7.88. The zero-order valence-corrected chi connectivity index (χ0v) is 16.5. The zero-order chi connectivity index (χ0) is 19.4. The van der Waals surface area contributed by atoms with E-state index in [2.05, 4.69) is 14.6 Å². The van der Waals surface area contributed by atoms with Gasteiger partial charge in [0.25, 0.3) is 0 Å². The maximum atomic E-state index is 13.1. The van der Waals surface area contributed by atoms with Gasteiger partial charge in [0.1, 0.15) is 5.82 Å². The predicted molar refractivity (Wildman–Crippen MR) is 106 cm³/mol. The van der Waals surface area contributed by atoms with Gasteiger partial charge in [0.2, 0.25) is 10.0 Å². The Hall–Kier alpha value is -1.87. The second kappa shape index (κ2) is 8.43. The lowest BCUT2D eigenvalue weighted by Gasteiger charge is -2.36. The van der Waals surface area contributed by atoms with Gasteiger partial charge in [0, 0.05) is 44.5 Å². The van der Waals surface area contributed by atoms with Crippen LogP contribution in [0.2, 0.25) is 0 Å². The first-order valence-electron chi connectivity index (χ1n) is 9.34. The quantitative estimate of drug-likeness (QED) is 0.571. The summed E-state index contributed by atoms with van der Waals surface area (Å²) in [4.78, 5) is 8.79. The number of hydrogen-bond donors (Lipinski definition) is 2. The normalized spacial score (nSPS) is 24.4. The van der Waals surface area contributed by atoms with Crippen LogP contribution in [0, 0.1) is 11.7 Å². The molecule has 27 heavy (non-hydrogen) atoms. The monoisotopic (exact) mass is 397 g/mol. The molecule has 3 rings (SSSR count). The molecule has 1 aliphatic carbocycles. The topological polar surface area (TPSA) is 91.0 Å². The van der Waals surface area contributed by atoms with Crippen molar-refractivity contribution in [2.75, 3.05) is 43.9 Å². The van der Waals surface area contributed by atoms with Gasteiger partial charge in [0.15, 0.2) is 5.96 Å². The maximum absolute atomic E-state index is 13.1. The second-order valence-corrected chi connectivity index (χ2v) is 9.12. The van der Waals surface area contributed by atoms with E-state index >= 15 is 0 Å². The van der Waals surface area contributed by atoms with Crippen LogP contribution in [0.15, 0.2) is 29.3 Å². The SMILES string of the molecule is CS(=O)(=O)NC1CCCC1CN=C(N)N1CCN(c2ccc(F)cc2)CC1. The van der Waals surface area contributed by atoms with Crippen molar-refractivity contribution in [3.8, 4) is 0 Å². The van der Waals surface area contributed by atoms with E-state index in [1.54, 1.807) is 12.1 Å².